The first-order valence-corrected chi connectivity index (χ1v) is 6.17. The van der Waals surface area contributed by atoms with E-state index >= 15 is 0 Å². The SMILES string of the molecule is Nc1ncnc(-c2cccc(C[SH](=O)=O)c2)n1. The van der Waals surface area contributed by atoms with Crippen LogP contribution in [0, 0.1) is 0 Å². The Kier molecular flexibility index (Phi) is 3.29. The Balaban J connectivity index is 2.39. The molecule has 1 aromatic carbocycles. The fraction of sp³-hybridized carbons (Fsp3) is 0.100. The van der Waals surface area contributed by atoms with Crippen molar-refractivity contribution < 1.29 is 8.42 Å². The van der Waals surface area contributed by atoms with E-state index in [9.17, 15) is 8.42 Å². The number of nitrogen functional groups attached to an aromatic ring is 1. The lowest BCUT2D eigenvalue weighted by molar-refractivity contribution is 0.614. The van der Waals surface area contributed by atoms with Gasteiger partial charge in [0.15, 0.2) is 5.82 Å². The molecule has 1 heterocycles. The maximum Gasteiger partial charge on any atom is 0.223 e. The lowest BCUT2D eigenvalue weighted by Gasteiger charge is -2.02. The summed E-state index contributed by atoms with van der Waals surface area (Å²) in [4.78, 5) is 11.6. The molecule has 0 amide bonds. The Bertz CT molecular complexity index is 605. The van der Waals surface area contributed by atoms with Crippen molar-refractivity contribution in [1.82, 2.24) is 15.0 Å². The van der Waals surface area contributed by atoms with Gasteiger partial charge in [-0.1, -0.05) is 18.2 Å². The van der Waals surface area contributed by atoms with E-state index in [2.05, 4.69) is 15.0 Å². The molecular weight excluding hydrogens is 240 g/mol. The molecule has 0 spiro atoms. The van der Waals surface area contributed by atoms with E-state index in [4.69, 9.17) is 5.73 Å². The van der Waals surface area contributed by atoms with Gasteiger partial charge < -0.3 is 5.73 Å². The monoisotopic (exact) mass is 250 g/mol. The van der Waals surface area contributed by atoms with Crippen LogP contribution in [0.25, 0.3) is 11.4 Å². The van der Waals surface area contributed by atoms with Crippen molar-refractivity contribution in [2.24, 2.45) is 0 Å². The van der Waals surface area contributed by atoms with E-state index in [1.807, 2.05) is 0 Å². The summed E-state index contributed by atoms with van der Waals surface area (Å²) in [6.07, 6.45) is 1.32. The molecule has 0 saturated carbocycles. The summed E-state index contributed by atoms with van der Waals surface area (Å²) in [7, 11) is -2.44. The van der Waals surface area contributed by atoms with Gasteiger partial charge in [-0.2, -0.15) is 4.98 Å². The zero-order chi connectivity index (χ0) is 12.3. The van der Waals surface area contributed by atoms with Gasteiger partial charge in [-0.15, -0.1) is 0 Å². The smallest absolute Gasteiger partial charge is 0.223 e. The number of aromatic nitrogens is 3. The van der Waals surface area contributed by atoms with Gasteiger partial charge in [0.1, 0.15) is 17.0 Å². The van der Waals surface area contributed by atoms with Crippen LogP contribution < -0.4 is 5.73 Å². The van der Waals surface area contributed by atoms with E-state index in [-0.39, 0.29) is 11.7 Å². The second kappa shape index (κ2) is 4.88. The second-order valence-corrected chi connectivity index (χ2v) is 4.34. The lowest BCUT2D eigenvalue weighted by Crippen LogP contribution is -1.98. The van der Waals surface area contributed by atoms with Crippen LogP contribution in [0.3, 0.4) is 0 Å². The molecule has 0 aliphatic heterocycles. The van der Waals surface area contributed by atoms with Crippen LogP contribution in [0.4, 0.5) is 5.95 Å². The summed E-state index contributed by atoms with van der Waals surface area (Å²) >= 11 is 0. The highest BCUT2D eigenvalue weighted by Gasteiger charge is 2.03. The largest absolute Gasteiger partial charge is 0.368 e. The number of rotatable bonds is 3. The van der Waals surface area contributed by atoms with Crippen molar-refractivity contribution in [2.75, 3.05) is 5.73 Å². The number of anilines is 1. The molecule has 0 radical (unpaired) electrons. The first kappa shape index (κ1) is 11.5. The molecular formula is C10H10N4O2S. The van der Waals surface area contributed by atoms with Crippen LogP contribution in [0.5, 0.6) is 0 Å². The summed E-state index contributed by atoms with van der Waals surface area (Å²) in [5, 5.41) is 0. The minimum absolute atomic E-state index is 0.00371. The molecule has 2 aromatic rings. The molecule has 0 saturated heterocycles. The first-order chi connectivity index (χ1) is 8.15. The minimum Gasteiger partial charge on any atom is -0.368 e. The van der Waals surface area contributed by atoms with E-state index in [1.54, 1.807) is 24.3 Å². The van der Waals surface area contributed by atoms with E-state index in [1.165, 1.54) is 6.33 Å². The summed E-state index contributed by atoms with van der Waals surface area (Å²) in [6.45, 7) is 0. The standard InChI is InChI=1S/C10H10N4O2S/c11-10-13-6-12-9(14-10)8-3-1-2-7(4-8)5-17(15)16/h1-4,6,17H,5H2,(H2,11,12,13,14). The van der Waals surface area contributed by atoms with Gasteiger partial charge in [0.25, 0.3) is 0 Å². The van der Waals surface area contributed by atoms with E-state index in [0.29, 0.717) is 17.0 Å². The van der Waals surface area contributed by atoms with Crippen LogP contribution in [0.1, 0.15) is 5.56 Å². The number of hydrogen-bond donors (Lipinski definition) is 2. The molecule has 6 nitrogen and oxygen atoms in total. The van der Waals surface area contributed by atoms with Gasteiger partial charge in [-0.25, -0.2) is 18.4 Å². The van der Waals surface area contributed by atoms with Crippen LogP contribution in [-0.2, 0) is 16.5 Å². The summed E-state index contributed by atoms with van der Waals surface area (Å²) in [5.41, 5.74) is 6.86. The molecule has 0 fully saturated rings. The topological polar surface area (TPSA) is 98.8 Å². The molecule has 2 N–H and O–H groups in total. The molecule has 7 heteroatoms. The average molecular weight is 250 g/mol. The summed E-state index contributed by atoms with van der Waals surface area (Å²) in [6, 6.07) is 7.00. The van der Waals surface area contributed by atoms with Crippen molar-refractivity contribution in [3.63, 3.8) is 0 Å². The number of thiol groups is 1. The predicted octanol–water partition coefficient (Wildman–Crippen LogP) is 0.232. The van der Waals surface area contributed by atoms with Gasteiger partial charge in [0.05, 0.1) is 5.75 Å². The zero-order valence-corrected chi connectivity index (χ0v) is 9.67. The number of nitrogens with two attached hydrogens (primary N) is 1. The molecule has 1 aromatic heterocycles. The lowest BCUT2D eigenvalue weighted by atomic mass is 10.1. The van der Waals surface area contributed by atoms with Crippen LogP contribution in [0.15, 0.2) is 30.6 Å². The predicted molar refractivity (Wildman–Crippen MR) is 63.7 cm³/mol. The Labute approximate surface area is 99.5 Å². The third-order valence-corrected chi connectivity index (χ3v) is 2.71. The molecule has 2 rings (SSSR count). The molecule has 0 aliphatic rings. The molecule has 17 heavy (non-hydrogen) atoms. The Morgan fingerprint density at radius 1 is 1.24 bits per heavy atom. The highest BCUT2D eigenvalue weighted by atomic mass is 32.2. The molecule has 0 aliphatic carbocycles. The Morgan fingerprint density at radius 2 is 2.06 bits per heavy atom. The summed E-state index contributed by atoms with van der Waals surface area (Å²) in [5.74, 6) is 0.569. The molecule has 0 bridgehead atoms. The van der Waals surface area contributed by atoms with Gasteiger partial charge in [0.2, 0.25) is 5.95 Å². The van der Waals surface area contributed by atoms with E-state index < -0.39 is 10.7 Å². The Morgan fingerprint density at radius 3 is 2.76 bits per heavy atom. The average Bonchev–Trinajstić information content (AvgIpc) is 2.28. The normalized spacial score (nSPS) is 10.6. The number of nitrogens with zero attached hydrogens (tertiary/aromatic N) is 3. The third kappa shape index (κ3) is 2.97. The number of benzene rings is 1. The summed E-state index contributed by atoms with van der Waals surface area (Å²) < 4.78 is 21.3. The number of hydrogen-bond acceptors (Lipinski definition) is 6. The third-order valence-electron chi connectivity index (χ3n) is 2.09. The van der Waals surface area contributed by atoms with Crippen molar-refractivity contribution in [3.05, 3.63) is 36.2 Å². The fourth-order valence-corrected chi connectivity index (χ4v) is 1.90. The molecule has 0 unspecified atom stereocenters. The highest BCUT2D eigenvalue weighted by molar-refractivity contribution is 7.71. The van der Waals surface area contributed by atoms with Crippen LogP contribution >= 0.6 is 0 Å². The van der Waals surface area contributed by atoms with Crippen molar-refractivity contribution >= 4 is 16.7 Å². The zero-order valence-electron chi connectivity index (χ0n) is 8.78. The maximum atomic E-state index is 10.6. The van der Waals surface area contributed by atoms with Gasteiger partial charge in [0, 0.05) is 5.56 Å². The maximum absolute atomic E-state index is 10.6. The fourth-order valence-electron chi connectivity index (χ4n) is 1.41. The molecule has 88 valence electrons. The van der Waals surface area contributed by atoms with Gasteiger partial charge in [-0.3, -0.25) is 0 Å². The van der Waals surface area contributed by atoms with Gasteiger partial charge >= 0.3 is 0 Å². The highest BCUT2D eigenvalue weighted by Crippen LogP contribution is 2.16. The molecule has 0 atom stereocenters. The van der Waals surface area contributed by atoms with Gasteiger partial charge in [-0.05, 0) is 11.6 Å². The first-order valence-electron chi connectivity index (χ1n) is 4.81. The second-order valence-electron chi connectivity index (χ2n) is 3.36. The van der Waals surface area contributed by atoms with Crippen molar-refractivity contribution in [3.8, 4) is 11.4 Å². The van der Waals surface area contributed by atoms with Crippen LogP contribution in [-0.4, -0.2) is 23.4 Å². The van der Waals surface area contributed by atoms with E-state index in [0.717, 1.165) is 0 Å². The van der Waals surface area contributed by atoms with Crippen molar-refractivity contribution in [1.29, 1.82) is 0 Å². The minimum atomic E-state index is -2.44. The Hall–Kier alpha value is -2.02. The van der Waals surface area contributed by atoms with Crippen LogP contribution in [0.2, 0.25) is 0 Å². The van der Waals surface area contributed by atoms with Crippen molar-refractivity contribution in [2.45, 2.75) is 5.75 Å². The quantitative estimate of drug-likeness (QED) is 0.757.